The van der Waals surface area contributed by atoms with E-state index in [9.17, 15) is 5.11 Å². The minimum atomic E-state index is 0.258. The van der Waals surface area contributed by atoms with Crippen LogP contribution in [-0.4, -0.2) is 38.1 Å². The van der Waals surface area contributed by atoms with Crippen molar-refractivity contribution >= 4 is 0 Å². The normalized spacial score (nSPS) is 21.7. The summed E-state index contributed by atoms with van der Waals surface area (Å²) in [5.41, 5.74) is 2.88. The third kappa shape index (κ3) is 7.38. The number of aliphatic hydroxyl groups is 1. The molecule has 3 heteroatoms. The molecule has 1 fully saturated rings. The van der Waals surface area contributed by atoms with Gasteiger partial charge in [0.15, 0.2) is 0 Å². The third-order valence-electron chi connectivity index (χ3n) is 5.75. The van der Waals surface area contributed by atoms with Gasteiger partial charge in [0.2, 0.25) is 0 Å². The molecule has 0 amide bonds. The molecular weight excluding hydrogens is 324 g/mol. The maximum atomic E-state index is 9.27. The highest BCUT2D eigenvalue weighted by Gasteiger charge is 2.25. The van der Waals surface area contributed by atoms with Crippen LogP contribution in [0.5, 0.6) is 0 Å². The Morgan fingerprint density at radius 3 is 2.58 bits per heavy atom. The molecule has 1 saturated heterocycles. The molecule has 1 aliphatic heterocycles. The van der Waals surface area contributed by atoms with Crippen LogP contribution in [0.2, 0.25) is 0 Å². The van der Waals surface area contributed by atoms with Crippen LogP contribution in [0, 0.1) is 5.92 Å². The van der Waals surface area contributed by atoms with Crippen LogP contribution in [0.25, 0.3) is 0 Å². The quantitative estimate of drug-likeness (QED) is 0.525. The molecule has 0 radical (unpaired) electrons. The maximum absolute atomic E-state index is 9.27. The molecule has 3 nitrogen and oxygen atoms in total. The van der Waals surface area contributed by atoms with Crippen LogP contribution < -0.4 is 0 Å². The summed E-state index contributed by atoms with van der Waals surface area (Å²) < 4.78 is 11.4. The highest BCUT2D eigenvalue weighted by atomic mass is 16.5. The smallest absolute Gasteiger partial charge is 0.0578 e. The average molecular weight is 363 g/mol. The van der Waals surface area contributed by atoms with Gasteiger partial charge in [-0.3, -0.25) is 0 Å². The number of hydrogen-bond acceptors (Lipinski definition) is 3. The fourth-order valence-corrected chi connectivity index (χ4v) is 4.01. The lowest BCUT2D eigenvalue weighted by molar-refractivity contribution is -0.0141. The van der Waals surface area contributed by atoms with Gasteiger partial charge in [-0.2, -0.15) is 0 Å². The van der Waals surface area contributed by atoms with E-state index in [1.807, 2.05) is 0 Å². The van der Waals surface area contributed by atoms with Crippen LogP contribution in [-0.2, 0) is 15.9 Å². The Bertz CT molecular complexity index is 463. The summed E-state index contributed by atoms with van der Waals surface area (Å²) >= 11 is 0. The summed E-state index contributed by atoms with van der Waals surface area (Å²) in [6, 6.07) is 9.23. The predicted molar refractivity (Wildman–Crippen MR) is 108 cm³/mol. The molecule has 0 saturated carbocycles. The molecule has 148 valence electrons. The molecule has 1 N–H and O–H groups in total. The van der Waals surface area contributed by atoms with Crippen molar-refractivity contribution in [2.45, 2.75) is 76.7 Å². The van der Waals surface area contributed by atoms with Gasteiger partial charge in [-0.15, -0.1) is 0 Å². The lowest BCUT2D eigenvalue weighted by Gasteiger charge is -2.31. The van der Waals surface area contributed by atoms with E-state index in [0.29, 0.717) is 17.9 Å². The Hall–Kier alpha value is -0.900. The molecule has 1 aromatic carbocycles. The van der Waals surface area contributed by atoms with E-state index in [2.05, 4.69) is 31.2 Å². The van der Waals surface area contributed by atoms with Crippen molar-refractivity contribution in [3.63, 3.8) is 0 Å². The largest absolute Gasteiger partial charge is 0.396 e. The number of rotatable bonds is 12. The van der Waals surface area contributed by atoms with Gasteiger partial charge in [0, 0.05) is 26.2 Å². The van der Waals surface area contributed by atoms with Crippen molar-refractivity contribution in [2.75, 3.05) is 26.9 Å². The minimum absolute atomic E-state index is 0.258. The van der Waals surface area contributed by atoms with Crippen molar-refractivity contribution < 1.29 is 14.6 Å². The summed E-state index contributed by atoms with van der Waals surface area (Å²) in [7, 11) is 1.74. The van der Waals surface area contributed by atoms with Gasteiger partial charge >= 0.3 is 0 Å². The molecule has 0 aromatic heterocycles. The van der Waals surface area contributed by atoms with Crippen molar-refractivity contribution in [3.8, 4) is 0 Å². The Labute approximate surface area is 160 Å². The van der Waals surface area contributed by atoms with Crippen LogP contribution in [0.15, 0.2) is 24.3 Å². The number of unbranched alkanes of at least 4 members (excludes halogenated alkanes) is 2. The molecule has 0 bridgehead atoms. The number of benzene rings is 1. The van der Waals surface area contributed by atoms with Gasteiger partial charge in [0.1, 0.15) is 0 Å². The van der Waals surface area contributed by atoms with Crippen molar-refractivity contribution in [3.05, 3.63) is 35.4 Å². The fourth-order valence-electron chi connectivity index (χ4n) is 4.01. The van der Waals surface area contributed by atoms with E-state index in [-0.39, 0.29) is 6.61 Å². The van der Waals surface area contributed by atoms with Crippen LogP contribution in [0.1, 0.15) is 75.3 Å². The monoisotopic (exact) mass is 362 g/mol. The van der Waals surface area contributed by atoms with Gasteiger partial charge in [-0.05, 0) is 62.0 Å². The second kappa shape index (κ2) is 12.5. The fraction of sp³-hybridized carbons (Fsp3) is 0.739. The minimum Gasteiger partial charge on any atom is -0.396 e. The van der Waals surface area contributed by atoms with E-state index in [0.717, 1.165) is 38.9 Å². The molecular formula is C23H38O3. The first-order valence-electron chi connectivity index (χ1n) is 10.6. The molecule has 0 aliphatic carbocycles. The van der Waals surface area contributed by atoms with Gasteiger partial charge in [0.25, 0.3) is 0 Å². The molecule has 3 atom stereocenters. The zero-order valence-electron chi connectivity index (χ0n) is 16.8. The second-order valence-corrected chi connectivity index (χ2v) is 7.82. The molecule has 1 heterocycles. The standard InChI is InChI=1S/C23H38O3/c1-3-4-5-6-19-7-9-21(10-8-19)22-11-12-23(26-18-22)17-20(13-15-24)14-16-25-2/h7-10,20,22-24H,3-6,11-18H2,1-2H3. The van der Waals surface area contributed by atoms with Gasteiger partial charge in [0.05, 0.1) is 12.7 Å². The molecule has 1 aromatic rings. The molecule has 2 rings (SSSR count). The van der Waals surface area contributed by atoms with Crippen LogP contribution in [0.3, 0.4) is 0 Å². The van der Waals surface area contributed by atoms with Gasteiger partial charge in [-0.25, -0.2) is 0 Å². The van der Waals surface area contributed by atoms with E-state index in [4.69, 9.17) is 9.47 Å². The maximum Gasteiger partial charge on any atom is 0.0578 e. The molecule has 1 aliphatic rings. The SMILES string of the molecule is CCCCCc1ccc(C2CCC(CC(CCO)CCOC)OC2)cc1. The van der Waals surface area contributed by atoms with E-state index in [1.165, 1.54) is 43.2 Å². The summed E-state index contributed by atoms with van der Waals surface area (Å²) in [4.78, 5) is 0. The summed E-state index contributed by atoms with van der Waals surface area (Å²) in [5.74, 6) is 1.04. The zero-order valence-corrected chi connectivity index (χ0v) is 16.8. The van der Waals surface area contributed by atoms with E-state index >= 15 is 0 Å². The first kappa shape index (κ1) is 21.4. The summed E-state index contributed by atoms with van der Waals surface area (Å²) in [6.07, 6.45) is 10.7. The molecule has 3 unspecified atom stereocenters. The first-order valence-corrected chi connectivity index (χ1v) is 10.6. The number of aliphatic hydroxyl groups excluding tert-OH is 1. The number of hydrogen-bond donors (Lipinski definition) is 1. The Balaban J connectivity index is 1.76. The topological polar surface area (TPSA) is 38.7 Å². The first-order chi connectivity index (χ1) is 12.8. The molecule has 0 spiro atoms. The third-order valence-corrected chi connectivity index (χ3v) is 5.75. The Morgan fingerprint density at radius 1 is 1.15 bits per heavy atom. The van der Waals surface area contributed by atoms with Crippen molar-refractivity contribution in [2.24, 2.45) is 5.92 Å². The Morgan fingerprint density at radius 2 is 1.96 bits per heavy atom. The number of aryl methyl sites for hydroxylation is 1. The highest BCUT2D eigenvalue weighted by Crippen LogP contribution is 2.31. The Kier molecular flexibility index (Phi) is 10.3. The molecule has 26 heavy (non-hydrogen) atoms. The van der Waals surface area contributed by atoms with Crippen molar-refractivity contribution in [1.29, 1.82) is 0 Å². The highest BCUT2D eigenvalue weighted by molar-refractivity contribution is 5.26. The summed E-state index contributed by atoms with van der Waals surface area (Å²) in [5, 5.41) is 9.27. The van der Waals surface area contributed by atoms with Crippen LogP contribution in [0.4, 0.5) is 0 Å². The summed E-state index contributed by atoms with van der Waals surface area (Å²) in [6.45, 7) is 4.11. The van der Waals surface area contributed by atoms with E-state index in [1.54, 1.807) is 7.11 Å². The average Bonchev–Trinajstić information content (AvgIpc) is 2.68. The lowest BCUT2D eigenvalue weighted by atomic mass is 9.86. The van der Waals surface area contributed by atoms with E-state index < -0.39 is 0 Å². The predicted octanol–water partition coefficient (Wildman–Crippen LogP) is 5.11. The lowest BCUT2D eigenvalue weighted by Crippen LogP contribution is -2.27. The van der Waals surface area contributed by atoms with Crippen molar-refractivity contribution in [1.82, 2.24) is 0 Å². The van der Waals surface area contributed by atoms with Gasteiger partial charge in [-0.1, -0.05) is 44.0 Å². The van der Waals surface area contributed by atoms with Crippen LogP contribution >= 0.6 is 0 Å². The second-order valence-electron chi connectivity index (χ2n) is 7.82. The van der Waals surface area contributed by atoms with Gasteiger partial charge < -0.3 is 14.6 Å². The number of ether oxygens (including phenoxy) is 2. The number of methoxy groups -OCH3 is 1. The zero-order chi connectivity index (χ0) is 18.6.